The molecule has 0 saturated carbocycles. The zero-order chi connectivity index (χ0) is 7.68. The van der Waals surface area contributed by atoms with E-state index in [0.29, 0.717) is 0 Å². The highest BCUT2D eigenvalue weighted by Crippen LogP contribution is 2.17. The van der Waals surface area contributed by atoms with Gasteiger partial charge in [0, 0.05) is 17.6 Å². The van der Waals surface area contributed by atoms with Crippen LogP contribution in [0.15, 0.2) is 6.20 Å². The number of aryl methyl sites for hydroxylation is 1. The lowest BCUT2D eigenvalue weighted by Crippen LogP contribution is -2.35. The number of aromatic nitrogens is 1. The summed E-state index contributed by atoms with van der Waals surface area (Å²) in [5, 5.41) is 1.18. The second-order valence-corrected chi connectivity index (χ2v) is 4.29. The molecule has 0 N–H and O–H groups in total. The molecular formula is C8H12N2S. The molecule has 1 aliphatic heterocycles. The van der Waals surface area contributed by atoms with E-state index in [4.69, 9.17) is 0 Å². The molecule has 0 spiro atoms. The third kappa shape index (κ3) is 1.60. The minimum Gasteiger partial charge on any atom is -0.298 e. The van der Waals surface area contributed by atoms with Crippen LogP contribution in [0.1, 0.15) is 16.3 Å². The van der Waals surface area contributed by atoms with Crippen molar-refractivity contribution < 1.29 is 0 Å². The second-order valence-electron chi connectivity index (χ2n) is 2.98. The van der Waals surface area contributed by atoms with E-state index in [1.54, 1.807) is 0 Å². The fraction of sp³-hybridized carbons (Fsp3) is 0.625. The van der Waals surface area contributed by atoms with Crippen LogP contribution in [0.2, 0.25) is 0 Å². The number of rotatable bonds is 2. The average molecular weight is 168 g/mol. The summed E-state index contributed by atoms with van der Waals surface area (Å²) in [6.07, 6.45) is 3.37. The van der Waals surface area contributed by atoms with Gasteiger partial charge in [0.2, 0.25) is 0 Å². The molecule has 1 saturated heterocycles. The molecule has 2 rings (SSSR count). The van der Waals surface area contributed by atoms with Crippen LogP contribution in [0, 0.1) is 6.92 Å². The molecule has 11 heavy (non-hydrogen) atoms. The Labute approximate surface area is 70.9 Å². The van der Waals surface area contributed by atoms with E-state index in [0.717, 1.165) is 6.54 Å². The Morgan fingerprint density at radius 2 is 2.45 bits per heavy atom. The van der Waals surface area contributed by atoms with E-state index in [9.17, 15) is 0 Å². The molecule has 0 atom stereocenters. The number of nitrogens with zero attached hydrogens (tertiary/aromatic N) is 2. The van der Waals surface area contributed by atoms with Gasteiger partial charge in [0.05, 0.1) is 5.01 Å². The SMILES string of the molecule is Cc1ncc(CN2CCC2)s1. The van der Waals surface area contributed by atoms with Crippen molar-refractivity contribution in [3.63, 3.8) is 0 Å². The van der Waals surface area contributed by atoms with Crippen molar-refractivity contribution in [2.75, 3.05) is 13.1 Å². The Morgan fingerprint density at radius 1 is 1.64 bits per heavy atom. The van der Waals surface area contributed by atoms with Crippen molar-refractivity contribution in [2.45, 2.75) is 19.9 Å². The van der Waals surface area contributed by atoms with Gasteiger partial charge in [0.1, 0.15) is 0 Å². The van der Waals surface area contributed by atoms with Crippen LogP contribution in [-0.4, -0.2) is 23.0 Å². The lowest BCUT2D eigenvalue weighted by Gasteiger charge is -2.29. The van der Waals surface area contributed by atoms with E-state index in [1.165, 1.54) is 29.4 Å². The first-order valence-corrected chi connectivity index (χ1v) is 4.80. The minimum absolute atomic E-state index is 1.12. The molecule has 2 heterocycles. The Hall–Kier alpha value is -0.410. The number of hydrogen-bond donors (Lipinski definition) is 0. The van der Waals surface area contributed by atoms with Gasteiger partial charge in [-0.1, -0.05) is 0 Å². The summed E-state index contributed by atoms with van der Waals surface area (Å²) in [4.78, 5) is 8.08. The quantitative estimate of drug-likeness (QED) is 0.667. The number of likely N-dealkylation sites (tertiary alicyclic amines) is 1. The zero-order valence-electron chi connectivity index (χ0n) is 6.71. The van der Waals surface area contributed by atoms with Crippen LogP contribution in [-0.2, 0) is 6.54 Å². The zero-order valence-corrected chi connectivity index (χ0v) is 7.52. The Balaban J connectivity index is 1.95. The molecule has 0 bridgehead atoms. The molecular weight excluding hydrogens is 156 g/mol. The largest absolute Gasteiger partial charge is 0.298 e. The van der Waals surface area contributed by atoms with Gasteiger partial charge >= 0.3 is 0 Å². The Morgan fingerprint density at radius 3 is 2.91 bits per heavy atom. The summed E-state index contributed by atoms with van der Waals surface area (Å²) in [5.74, 6) is 0. The van der Waals surface area contributed by atoms with Gasteiger partial charge < -0.3 is 0 Å². The van der Waals surface area contributed by atoms with E-state index < -0.39 is 0 Å². The van der Waals surface area contributed by atoms with Crippen LogP contribution >= 0.6 is 11.3 Å². The standard InChI is InChI=1S/C8H12N2S/c1-7-9-5-8(11-7)6-10-3-2-4-10/h5H,2-4,6H2,1H3. The van der Waals surface area contributed by atoms with Gasteiger partial charge in [-0.2, -0.15) is 0 Å². The summed E-state index contributed by atoms with van der Waals surface area (Å²) in [6, 6.07) is 0. The maximum Gasteiger partial charge on any atom is 0.0897 e. The van der Waals surface area contributed by atoms with E-state index >= 15 is 0 Å². The molecule has 0 amide bonds. The van der Waals surface area contributed by atoms with Crippen molar-refractivity contribution in [3.8, 4) is 0 Å². The fourth-order valence-electron chi connectivity index (χ4n) is 1.24. The van der Waals surface area contributed by atoms with Gasteiger partial charge in [-0.15, -0.1) is 11.3 Å². The summed E-state index contributed by atoms with van der Waals surface area (Å²) in [6.45, 7) is 5.73. The van der Waals surface area contributed by atoms with Crippen LogP contribution in [0.4, 0.5) is 0 Å². The lowest BCUT2D eigenvalue weighted by atomic mass is 10.2. The molecule has 0 unspecified atom stereocenters. The molecule has 0 aliphatic carbocycles. The third-order valence-electron chi connectivity index (χ3n) is 2.00. The summed E-state index contributed by atoms with van der Waals surface area (Å²) >= 11 is 1.81. The predicted octanol–water partition coefficient (Wildman–Crippen LogP) is 1.66. The first kappa shape index (κ1) is 7.25. The molecule has 0 aromatic carbocycles. The highest BCUT2D eigenvalue weighted by Gasteiger charge is 2.14. The van der Waals surface area contributed by atoms with Crippen LogP contribution in [0.5, 0.6) is 0 Å². The average Bonchev–Trinajstić information content (AvgIpc) is 2.27. The van der Waals surface area contributed by atoms with Crippen molar-refractivity contribution in [3.05, 3.63) is 16.1 Å². The molecule has 1 aromatic heterocycles. The van der Waals surface area contributed by atoms with Gasteiger partial charge in [-0.25, -0.2) is 4.98 Å². The van der Waals surface area contributed by atoms with Crippen molar-refractivity contribution in [1.29, 1.82) is 0 Å². The third-order valence-corrected chi connectivity index (χ3v) is 2.89. The fourth-order valence-corrected chi connectivity index (χ4v) is 2.08. The summed E-state index contributed by atoms with van der Waals surface area (Å²) < 4.78 is 0. The molecule has 3 heteroatoms. The molecule has 60 valence electrons. The highest BCUT2D eigenvalue weighted by molar-refractivity contribution is 7.11. The molecule has 2 nitrogen and oxygen atoms in total. The van der Waals surface area contributed by atoms with Gasteiger partial charge in [0.25, 0.3) is 0 Å². The smallest absolute Gasteiger partial charge is 0.0897 e. The van der Waals surface area contributed by atoms with Gasteiger partial charge in [-0.3, -0.25) is 4.90 Å². The normalized spacial score (nSPS) is 18.3. The van der Waals surface area contributed by atoms with Gasteiger partial charge in [0.15, 0.2) is 0 Å². The summed E-state index contributed by atoms with van der Waals surface area (Å²) in [5.41, 5.74) is 0. The Kier molecular flexibility index (Phi) is 1.92. The van der Waals surface area contributed by atoms with Crippen molar-refractivity contribution in [2.24, 2.45) is 0 Å². The summed E-state index contributed by atoms with van der Waals surface area (Å²) in [7, 11) is 0. The van der Waals surface area contributed by atoms with Crippen LogP contribution < -0.4 is 0 Å². The van der Waals surface area contributed by atoms with Crippen molar-refractivity contribution >= 4 is 11.3 Å². The van der Waals surface area contributed by atoms with Gasteiger partial charge in [-0.05, 0) is 26.4 Å². The van der Waals surface area contributed by atoms with E-state index in [2.05, 4.69) is 16.8 Å². The topological polar surface area (TPSA) is 16.1 Å². The maximum atomic E-state index is 4.22. The van der Waals surface area contributed by atoms with E-state index in [-0.39, 0.29) is 0 Å². The van der Waals surface area contributed by atoms with Crippen molar-refractivity contribution in [1.82, 2.24) is 9.88 Å². The highest BCUT2D eigenvalue weighted by atomic mass is 32.1. The molecule has 0 radical (unpaired) electrons. The number of hydrogen-bond acceptors (Lipinski definition) is 3. The molecule has 1 aliphatic rings. The second kappa shape index (κ2) is 2.91. The monoisotopic (exact) mass is 168 g/mol. The molecule has 1 fully saturated rings. The minimum atomic E-state index is 1.12. The predicted molar refractivity (Wildman–Crippen MR) is 46.7 cm³/mol. The van der Waals surface area contributed by atoms with Crippen LogP contribution in [0.25, 0.3) is 0 Å². The first-order valence-electron chi connectivity index (χ1n) is 3.98. The number of thiazole rings is 1. The molecule has 1 aromatic rings. The van der Waals surface area contributed by atoms with E-state index in [1.807, 2.05) is 17.5 Å². The Bertz CT molecular complexity index is 240. The van der Waals surface area contributed by atoms with Crippen LogP contribution in [0.3, 0.4) is 0 Å². The first-order chi connectivity index (χ1) is 5.34. The maximum absolute atomic E-state index is 4.22. The lowest BCUT2D eigenvalue weighted by molar-refractivity contribution is 0.174.